The average molecular weight is 255 g/mol. The molecule has 0 saturated carbocycles. The second-order valence-corrected chi connectivity index (χ2v) is 3.96. The maximum Gasteiger partial charge on any atom is 0.328 e. The van der Waals surface area contributed by atoms with Crippen molar-refractivity contribution >= 4 is 12.0 Å². The zero-order valence-corrected chi connectivity index (χ0v) is 10.0. The molecular formula is C13H15F2NO2. The van der Waals surface area contributed by atoms with Crippen LogP contribution in [-0.4, -0.2) is 36.0 Å². The highest BCUT2D eigenvalue weighted by Crippen LogP contribution is 2.13. The Balaban J connectivity index is 2.79. The second kappa shape index (κ2) is 6.86. The van der Waals surface area contributed by atoms with Crippen molar-refractivity contribution in [1.82, 2.24) is 4.90 Å². The van der Waals surface area contributed by atoms with Gasteiger partial charge < -0.3 is 5.11 Å². The highest BCUT2D eigenvalue weighted by Gasteiger charge is 2.09. The lowest BCUT2D eigenvalue weighted by atomic mass is 10.1. The molecule has 0 heterocycles. The largest absolute Gasteiger partial charge is 0.478 e. The van der Waals surface area contributed by atoms with Gasteiger partial charge in [0.15, 0.2) is 0 Å². The number of nitrogens with zero attached hydrogens (tertiary/aromatic N) is 1. The lowest BCUT2D eigenvalue weighted by Crippen LogP contribution is -2.24. The molecule has 0 radical (unpaired) electrons. The van der Waals surface area contributed by atoms with Gasteiger partial charge in [0.25, 0.3) is 6.43 Å². The normalized spacial score (nSPS) is 11.6. The summed E-state index contributed by atoms with van der Waals surface area (Å²) in [5.74, 6) is -1.04. The van der Waals surface area contributed by atoms with Crippen LogP contribution in [0.2, 0.25) is 0 Å². The van der Waals surface area contributed by atoms with Crippen molar-refractivity contribution in [3.05, 3.63) is 41.5 Å². The van der Waals surface area contributed by atoms with E-state index >= 15 is 0 Å². The molecule has 0 aliphatic rings. The molecule has 1 aromatic carbocycles. The van der Waals surface area contributed by atoms with Crippen LogP contribution in [0.1, 0.15) is 11.1 Å². The van der Waals surface area contributed by atoms with Gasteiger partial charge in [0.1, 0.15) is 0 Å². The van der Waals surface area contributed by atoms with Gasteiger partial charge in [0.05, 0.1) is 6.54 Å². The number of halogens is 2. The van der Waals surface area contributed by atoms with Crippen LogP contribution in [0.4, 0.5) is 8.78 Å². The van der Waals surface area contributed by atoms with Crippen LogP contribution in [0, 0.1) is 0 Å². The van der Waals surface area contributed by atoms with Crippen molar-refractivity contribution in [2.45, 2.75) is 13.0 Å². The number of hydrogen-bond donors (Lipinski definition) is 1. The molecule has 0 atom stereocenters. The summed E-state index contributed by atoms with van der Waals surface area (Å²) in [6.07, 6.45) is 0.122. The van der Waals surface area contributed by atoms with Gasteiger partial charge in [-0.25, -0.2) is 13.6 Å². The first-order chi connectivity index (χ1) is 8.49. The standard InChI is InChI=1S/C13H15F2NO2/c1-16(9-12(14)15)8-11-5-3-2-4-10(11)6-7-13(17)18/h2-7,12H,8-9H2,1H3,(H,17,18)/b7-6+. The van der Waals surface area contributed by atoms with Gasteiger partial charge >= 0.3 is 5.97 Å². The van der Waals surface area contributed by atoms with Crippen molar-refractivity contribution in [3.63, 3.8) is 0 Å². The summed E-state index contributed by atoms with van der Waals surface area (Å²) in [5.41, 5.74) is 1.54. The molecule has 0 aromatic heterocycles. The fourth-order valence-corrected chi connectivity index (χ4v) is 1.59. The average Bonchev–Trinajstić information content (AvgIpc) is 2.26. The number of carboxylic acids is 1. The SMILES string of the molecule is CN(Cc1ccccc1/C=C/C(=O)O)CC(F)F. The molecule has 0 aliphatic heterocycles. The first kappa shape index (κ1) is 14.3. The lowest BCUT2D eigenvalue weighted by molar-refractivity contribution is -0.131. The third-order valence-electron chi connectivity index (χ3n) is 2.35. The van der Waals surface area contributed by atoms with E-state index in [2.05, 4.69) is 0 Å². The Hall–Kier alpha value is -1.75. The number of alkyl halides is 2. The molecule has 18 heavy (non-hydrogen) atoms. The Morgan fingerprint density at radius 2 is 2.11 bits per heavy atom. The summed E-state index contributed by atoms with van der Waals surface area (Å²) in [7, 11) is 1.60. The van der Waals surface area contributed by atoms with Gasteiger partial charge in [-0.1, -0.05) is 24.3 Å². The van der Waals surface area contributed by atoms with Crippen molar-refractivity contribution in [3.8, 4) is 0 Å². The minimum Gasteiger partial charge on any atom is -0.478 e. The number of aliphatic carboxylic acids is 1. The van der Waals surface area contributed by atoms with Crippen LogP contribution >= 0.6 is 0 Å². The Kier molecular flexibility index (Phi) is 5.45. The van der Waals surface area contributed by atoms with Crippen LogP contribution in [0.25, 0.3) is 6.08 Å². The van der Waals surface area contributed by atoms with E-state index in [0.29, 0.717) is 6.54 Å². The summed E-state index contributed by atoms with van der Waals surface area (Å²) < 4.78 is 24.4. The highest BCUT2D eigenvalue weighted by atomic mass is 19.3. The van der Waals surface area contributed by atoms with Crippen molar-refractivity contribution in [2.75, 3.05) is 13.6 Å². The molecule has 0 spiro atoms. The fourth-order valence-electron chi connectivity index (χ4n) is 1.59. The molecule has 1 rings (SSSR count). The number of carboxylic acid groups (broad SMARTS) is 1. The summed E-state index contributed by atoms with van der Waals surface area (Å²) in [5, 5.41) is 8.57. The monoisotopic (exact) mass is 255 g/mol. The first-order valence-corrected chi connectivity index (χ1v) is 5.44. The molecular weight excluding hydrogens is 240 g/mol. The summed E-state index contributed by atoms with van der Waals surface area (Å²) in [4.78, 5) is 12.0. The molecule has 0 saturated heterocycles. The van der Waals surface area contributed by atoms with Gasteiger partial charge in [-0.2, -0.15) is 0 Å². The molecule has 5 heteroatoms. The van der Waals surface area contributed by atoms with Gasteiger partial charge in [-0.3, -0.25) is 4.90 Å². The number of rotatable bonds is 6. The summed E-state index contributed by atoms with van der Waals surface area (Å²) in [6, 6.07) is 7.12. The maximum atomic E-state index is 12.2. The van der Waals surface area contributed by atoms with E-state index in [4.69, 9.17) is 5.11 Å². The van der Waals surface area contributed by atoms with Crippen molar-refractivity contribution < 1.29 is 18.7 Å². The van der Waals surface area contributed by atoms with E-state index in [1.807, 2.05) is 0 Å². The molecule has 98 valence electrons. The molecule has 0 bridgehead atoms. The Morgan fingerprint density at radius 3 is 2.72 bits per heavy atom. The predicted octanol–water partition coefficient (Wildman–Crippen LogP) is 2.48. The molecule has 0 amide bonds. The number of benzene rings is 1. The number of carbonyl (C=O) groups is 1. The molecule has 0 unspecified atom stereocenters. The Labute approximate surface area is 104 Å². The van der Waals surface area contributed by atoms with Crippen molar-refractivity contribution in [1.29, 1.82) is 0 Å². The zero-order chi connectivity index (χ0) is 13.5. The topological polar surface area (TPSA) is 40.5 Å². The number of hydrogen-bond acceptors (Lipinski definition) is 2. The van der Waals surface area contributed by atoms with Crippen LogP contribution in [-0.2, 0) is 11.3 Å². The third-order valence-corrected chi connectivity index (χ3v) is 2.35. The van der Waals surface area contributed by atoms with E-state index in [1.54, 1.807) is 31.3 Å². The van der Waals surface area contributed by atoms with E-state index in [1.165, 1.54) is 11.0 Å². The second-order valence-electron chi connectivity index (χ2n) is 3.96. The van der Waals surface area contributed by atoms with E-state index in [0.717, 1.165) is 17.2 Å². The quantitative estimate of drug-likeness (QED) is 0.794. The van der Waals surface area contributed by atoms with Crippen LogP contribution in [0.3, 0.4) is 0 Å². The lowest BCUT2D eigenvalue weighted by Gasteiger charge is -2.17. The predicted molar refractivity (Wildman–Crippen MR) is 65.4 cm³/mol. The third kappa shape index (κ3) is 5.05. The smallest absolute Gasteiger partial charge is 0.328 e. The van der Waals surface area contributed by atoms with Crippen molar-refractivity contribution in [2.24, 2.45) is 0 Å². The Morgan fingerprint density at radius 1 is 1.44 bits per heavy atom. The zero-order valence-electron chi connectivity index (χ0n) is 10.0. The summed E-state index contributed by atoms with van der Waals surface area (Å²) in [6.45, 7) is 0.0431. The van der Waals surface area contributed by atoms with Gasteiger partial charge in [0.2, 0.25) is 0 Å². The maximum absolute atomic E-state index is 12.2. The minimum absolute atomic E-state index is 0.309. The fraction of sp³-hybridized carbons (Fsp3) is 0.308. The van der Waals surface area contributed by atoms with E-state index in [-0.39, 0.29) is 6.54 Å². The molecule has 3 nitrogen and oxygen atoms in total. The summed E-state index contributed by atoms with van der Waals surface area (Å²) >= 11 is 0. The van der Waals surface area contributed by atoms with Gasteiger partial charge in [-0.05, 0) is 24.3 Å². The Bertz CT molecular complexity index is 433. The minimum atomic E-state index is -2.38. The molecule has 0 fully saturated rings. The van der Waals surface area contributed by atoms with E-state index in [9.17, 15) is 13.6 Å². The van der Waals surface area contributed by atoms with Gasteiger partial charge in [-0.15, -0.1) is 0 Å². The molecule has 1 aromatic rings. The van der Waals surface area contributed by atoms with E-state index < -0.39 is 12.4 Å². The molecule has 0 aliphatic carbocycles. The first-order valence-electron chi connectivity index (χ1n) is 5.44. The highest BCUT2D eigenvalue weighted by molar-refractivity contribution is 5.85. The van der Waals surface area contributed by atoms with Crippen LogP contribution in [0.5, 0.6) is 0 Å². The van der Waals surface area contributed by atoms with Crippen LogP contribution in [0.15, 0.2) is 30.3 Å². The van der Waals surface area contributed by atoms with Gasteiger partial charge in [0, 0.05) is 12.6 Å². The molecule has 1 N–H and O–H groups in total. The van der Waals surface area contributed by atoms with Crippen LogP contribution < -0.4 is 0 Å².